The van der Waals surface area contributed by atoms with Gasteiger partial charge in [0.05, 0.1) is 0 Å². The molecule has 92 valence electrons. The highest BCUT2D eigenvalue weighted by molar-refractivity contribution is 4.88. The minimum atomic E-state index is 0. The van der Waals surface area contributed by atoms with Crippen molar-refractivity contribution in [3.63, 3.8) is 0 Å². The van der Waals surface area contributed by atoms with Gasteiger partial charge in [-0.25, -0.2) is 0 Å². The standard InChI is InChI=1S/2C5H5N.2CH4.2ClH/c2*1-2-4-6-5-3-1;;;;/h2*1-5H;2*1H4;2*1H/p-2. The molecule has 16 heavy (non-hydrogen) atoms. The van der Waals surface area contributed by atoms with Crippen molar-refractivity contribution in [3.05, 3.63) is 61.2 Å². The molecule has 2 heterocycles. The molecule has 0 radical (unpaired) electrons. The maximum absolute atomic E-state index is 3.78. The SMILES string of the molecule is C.C.[Cl-].[Cl-].c1ccncc1.c1ccncc1. The Morgan fingerprint density at radius 3 is 0.750 bits per heavy atom. The lowest BCUT2D eigenvalue weighted by molar-refractivity contribution is -0.00100. The van der Waals surface area contributed by atoms with Crippen LogP contribution in [0.15, 0.2) is 61.2 Å². The van der Waals surface area contributed by atoms with Gasteiger partial charge in [0.25, 0.3) is 0 Å². The zero-order valence-electron chi connectivity index (χ0n) is 7.42. The van der Waals surface area contributed by atoms with Gasteiger partial charge in [-0.1, -0.05) is 27.0 Å². The first-order valence-corrected chi connectivity index (χ1v) is 3.70. The van der Waals surface area contributed by atoms with E-state index >= 15 is 0 Å². The third kappa shape index (κ3) is 15.4. The molecule has 0 aliphatic rings. The lowest BCUT2D eigenvalue weighted by atomic mass is 10.5. The van der Waals surface area contributed by atoms with Crippen LogP contribution in [0.5, 0.6) is 0 Å². The van der Waals surface area contributed by atoms with Crippen LogP contribution in [0, 0.1) is 0 Å². The fourth-order valence-corrected chi connectivity index (χ4v) is 0.625. The van der Waals surface area contributed by atoms with Crippen molar-refractivity contribution in [3.8, 4) is 0 Å². The number of halogens is 2. The summed E-state index contributed by atoms with van der Waals surface area (Å²) in [6.45, 7) is 0. The molecular formula is C12H18Cl2N2-2. The lowest BCUT2D eigenvalue weighted by Crippen LogP contribution is -3.00. The fourth-order valence-electron chi connectivity index (χ4n) is 0.625. The largest absolute Gasteiger partial charge is 1.00 e. The second-order valence-electron chi connectivity index (χ2n) is 2.05. The Balaban J connectivity index is -0.0000000720. The molecule has 0 atom stereocenters. The molecule has 2 nitrogen and oxygen atoms in total. The normalized spacial score (nSPS) is 6.00. The highest BCUT2D eigenvalue weighted by atomic mass is 35.5. The van der Waals surface area contributed by atoms with E-state index in [4.69, 9.17) is 0 Å². The number of aromatic nitrogens is 2. The molecule has 0 saturated heterocycles. The summed E-state index contributed by atoms with van der Waals surface area (Å²) in [5.41, 5.74) is 0. The van der Waals surface area contributed by atoms with Gasteiger partial charge in [-0.15, -0.1) is 0 Å². The zero-order valence-corrected chi connectivity index (χ0v) is 8.94. The summed E-state index contributed by atoms with van der Waals surface area (Å²) < 4.78 is 0. The molecule has 2 rings (SSSR count). The molecule has 0 bridgehead atoms. The molecule has 0 fully saturated rings. The van der Waals surface area contributed by atoms with E-state index in [2.05, 4.69) is 9.97 Å². The van der Waals surface area contributed by atoms with Crippen molar-refractivity contribution < 1.29 is 24.8 Å². The average molecular weight is 261 g/mol. The van der Waals surface area contributed by atoms with Crippen LogP contribution in [0.3, 0.4) is 0 Å². The van der Waals surface area contributed by atoms with Gasteiger partial charge in [0.15, 0.2) is 0 Å². The van der Waals surface area contributed by atoms with Gasteiger partial charge in [0, 0.05) is 24.8 Å². The van der Waals surface area contributed by atoms with Gasteiger partial charge in [-0.05, 0) is 24.3 Å². The molecule has 0 aromatic carbocycles. The summed E-state index contributed by atoms with van der Waals surface area (Å²) in [6, 6.07) is 11.4. The van der Waals surface area contributed by atoms with Gasteiger partial charge in [0.1, 0.15) is 0 Å². The Kier molecular flexibility index (Phi) is 29.4. The molecule has 0 aliphatic heterocycles. The highest BCUT2D eigenvalue weighted by Gasteiger charge is 1.59. The Hall–Kier alpha value is -1.12. The summed E-state index contributed by atoms with van der Waals surface area (Å²) in [5.74, 6) is 0. The summed E-state index contributed by atoms with van der Waals surface area (Å²) in [4.78, 5) is 7.57. The summed E-state index contributed by atoms with van der Waals surface area (Å²) in [6.07, 6.45) is 7.00. The first-order valence-electron chi connectivity index (χ1n) is 3.70. The van der Waals surface area contributed by atoms with E-state index in [1.165, 1.54) is 0 Å². The van der Waals surface area contributed by atoms with Crippen molar-refractivity contribution >= 4 is 0 Å². The predicted octanol–water partition coefficient (Wildman–Crippen LogP) is -2.56. The smallest absolute Gasteiger partial charge is 0.0267 e. The number of rotatable bonds is 0. The second kappa shape index (κ2) is 19.5. The number of hydrogen-bond donors (Lipinski definition) is 0. The second-order valence-corrected chi connectivity index (χ2v) is 2.05. The molecule has 0 amide bonds. The molecule has 0 N–H and O–H groups in total. The van der Waals surface area contributed by atoms with Gasteiger partial charge in [-0.3, -0.25) is 9.97 Å². The fraction of sp³-hybridized carbons (Fsp3) is 0.167. The quantitative estimate of drug-likeness (QED) is 0.521. The molecular weight excluding hydrogens is 243 g/mol. The predicted molar refractivity (Wildman–Crippen MR) is 61.9 cm³/mol. The van der Waals surface area contributed by atoms with E-state index in [0.717, 1.165) is 0 Å². The van der Waals surface area contributed by atoms with E-state index in [1.807, 2.05) is 36.4 Å². The molecule has 0 saturated carbocycles. The van der Waals surface area contributed by atoms with Crippen LogP contribution in [0.4, 0.5) is 0 Å². The summed E-state index contributed by atoms with van der Waals surface area (Å²) in [7, 11) is 0. The van der Waals surface area contributed by atoms with Crippen LogP contribution in [0.25, 0.3) is 0 Å². The monoisotopic (exact) mass is 260 g/mol. The Morgan fingerprint density at radius 1 is 0.438 bits per heavy atom. The van der Waals surface area contributed by atoms with Crippen molar-refractivity contribution in [2.75, 3.05) is 0 Å². The topological polar surface area (TPSA) is 25.8 Å². The van der Waals surface area contributed by atoms with E-state index in [1.54, 1.807) is 24.8 Å². The average Bonchev–Trinajstić information content (AvgIpc) is 2.24. The summed E-state index contributed by atoms with van der Waals surface area (Å²) >= 11 is 0. The van der Waals surface area contributed by atoms with Crippen LogP contribution in [0.2, 0.25) is 0 Å². The van der Waals surface area contributed by atoms with Gasteiger partial charge < -0.3 is 24.8 Å². The van der Waals surface area contributed by atoms with Crippen LogP contribution < -0.4 is 24.8 Å². The number of hydrogen-bond acceptors (Lipinski definition) is 2. The van der Waals surface area contributed by atoms with E-state index in [9.17, 15) is 0 Å². The molecule has 2 aromatic heterocycles. The van der Waals surface area contributed by atoms with Gasteiger partial charge in [0.2, 0.25) is 0 Å². The molecule has 0 aliphatic carbocycles. The Morgan fingerprint density at radius 2 is 0.688 bits per heavy atom. The Labute approximate surface area is 111 Å². The summed E-state index contributed by atoms with van der Waals surface area (Å²) in [5, 5.41) is 0. The molecule has 2 aromatic rings. The molecule has 0 spiro atoms. The van der Waals surface area contributed by atoms with E-state index < -0.39 is 0 Å². The zero-order chi connectivity index (χ0) is 8.49. The van der Waals surface area contributed by atoms with E-state index in [0.29, 0.717) is 0 Å². The maximum Gasteiger partial charge on any atom is 0.0267 e. The first kappa shape index (κ1) is 24.2. The maximum atomic E-state index is 3.78. The third-order valence-electron chi connectivity index (χ3n) is 1.13. The minimum Gasteiger partial charge on any atom is -1.00 e. The van der Waals surface area contributed by atoms with E-state index in [-0.39, 0.29) is 39.7 Å². The van der Waals surface area contributed by atoms with Crippen LogP contribution >= 0.6 is 0 Å². The number of nitrogens with zero attached hydrogens (tertiary/aromatic N) is 2. The molecule has 4 heteroatoms. The molecule has 0 unspecified atom stereocenters. The van der Waals surface area contributed by atoms with Crippen molar-refractivity contribution in [2.24, 2.45) is 0 Å². The van der Waals surface area contributed by atoms with Crippen LogP contribution in [-0.4, -0.2) is 9.97 Å². The van der Waals surface area contributed by atoms with Crippen LogP contribution in [-0.2, 0) is 0 Å². The number of pyridine rings is 2. The van der Waals surface area contributed by atoms with Gasteiger partial charge in [-0.2, -0.15) is 0 Å². The highest BCUT2D eigenvalue weighted by Crippen LogP contribution is 1.74. The van der Waals surface area contributed by atoms with Gasteiger partial charge >= 0.3 is 0 Å². The van der Waals surface area contributed by atoms with Crippen molar-refractivity contribution in [2.45, 2.75) is 14.9 Å². The van der Waals surface area contributed by atoms with Crippen LogP contribution in [0.1, 0.15) is 14.9 Å². The van der Waals surface area contributed by atoms with Crippen molar-refractivity contribution in [1.29, 1.82) is 0 Å². The minimum absolute atomic E-state index is 0. The first-order chi connectivity index (χ1) is 6.00. The van der Waals surface area contributed by atoms with Crippen molar-refractivity contribution in [1.82, 2.24) is 9.97 Å². The third-order valence-corrected chi connectivity index (χ3v) is 1.13. The lowest BCUT2D eigenvalue weighted by Gasteiger charge is -1.70. The Bertz CT molecular complexity index is 192.